The summed E-state index contributed by atoms with van der Waals surface area (Å²) in [5.74, 6) is 0.957. The summed E-state index contributed by atoms with van der Waals surface area (Å²) in [6, 6.07) is 5.86. The number of non-ortho nitro benzene ring substituents is 1. The number of nitro groups is 1. The third-order valence-electron chi connectivity index (χ3n) is 4.87. The Kier molecular flexibility index (Phi) is 3.45. The van der Waals surface area contributed by atoms with E-state index in [0.717, 1.165) is 28.3 Å². The molecule has 2 heterocycles. The third-order valence-corrected chi connectivity index (χ3v) is 5.28. The molecule has 1 saturated carbocycles. The van der Waals surface area contributed by atoms with Crippen LogP contribution in [0.1, 0.15) is 37.2 Å². The van der Waals surface area contributed by atoms with Gasteiger partial charge in [0, 0.05) is 29.9 Å². The van der Waals surface area contributed by atoms with Crippen LogP contribution in [0.3, 0.4) is 0 Å². The molecule has 4 rings (SSSR count). The molecule has 0 radical (unpaired) electrons. The van der Waals surface area contributed by atoms with Gasteiger partial charge < -0.3 is 9.47 Å². The van der Waals surface area contributed by atoms with E-state index in [4.69, 9.17) is 12.2 Å². The fourth-order valence-electron chi connectivity index (χ4n) is 3.53. The molecule has 2 aliphatic rings. The van der Waals surface area contributed by atoms with Crippen molar-refractivity contribution >= 4 is 23.6 Å². The van der Waals surface area contributed by atoms with Gasteiger partial charge in [-0.2, -0.15) is 5.10 Å². The molecule has 1 aromatic heterocycles. The fourth-order valence-corrected chi connectivity index (χ4v) is 3.91. The summed E-state index contributed by atoms with van der Waals surface area (Å²) in [5, 5.41) is 15.6. The summed E-state index contributed by atoms with van der Waals surface area (Å²) in [6.45, 7) is 4.70. The van der Waals surface area contributed by atoms with Crippen molar-refractivity contribution in [3.05, 3.63) is 44.5 Å². The van der Waals surface area contributed by atoms with Gasteiger partial charge in [0.05, 0.1) is 4.92 Å². The highest BCUT2D eigenvalue weighted by Crippen LogP contribution is 2.37. The van der Waals surface area contributed by atoms with Gasteiger partial charge in [-0.15, -0.1) is 0 Å². The zero-order valence-electron chi connectivity index (χ0n) is 13.7. The Labute approximate surface area is 144 Å². The first-order valence-electron chi connectivity index (χ1n) is 8.15. The number of hydrogen-bond donors (Lipinski definition) is 0. The zero-order chi connectivity index (χ0) is 17.0. The van der Waals surface area contributed by atoms with E-state index < -0.39 is 0 Å². The van der Waals surface area contributed by atoms with Crippen LogP contribution in [-0.4, -0.2) is 25.3 Å². The Morgan fingerprint density at radius 3 is 2.83 bits per heavy atom. The smallest absolute Gasteiger partial charge is 0.269 e. The molecule has 8 heteroatoms. The van der Waals surface area contributed by atoms with E-state index in [0.29, 0.717) is 12.7 Å². The van der Waals surface area contributed by atoms with Crippen molar-refractivity contribution in [2.45, 2.75) is 51.9 Å². The van der Waals surface area contributed by atoms with Crippen LogP contribution in [-0.2, 0) is 13.1 Å². The molecule has 0 amide bonds. The first kappa shape index (κ1) is 15.3. The number of nitrogens with zero attached hydrogens (tertiary/aromatic N) is 5. The molecule has 2 aromatic rings. The number of nitro benzene ring substituents is 1. The van der Waals surface area contributed by atoms with Gasteiger partial charge in [-0.05, 0) is 57.0 Å². The number of anilines is 1. The minimum absolute atomic E-state index is 0.147. The SMILES string of the molecule is Cc1nn(CN2c3ccc([N+](=O)[O-])cc3C[C@@H]2C)c(=S)n1C1CC1. The molecule has 0 saturated heterocycles. The van der Waals surface area contributed by atoms with Crippen molar-refractivity contribution in [3.63, 3.8) is 0 Å². The van der Waals surface area contributed by atoms with E-state index >= 15 is 0 Å². The van der Waals surface area contributed by atoms with Crippen molar-refractivity contribution in [3.8, 4) is 0 Å². The molecule has 1 fully saturated rings. The summed E-state index contributed by atoms with van der Waals surface area (Å²) in [5.41, 5.74) is 2.20. The Balaban J connectivity index is 1.66. The average molecular weight is 345 g/mol. The molecule has 7 nitrogen and oxygen atoms in total. The molecule has 0 bridgehead atoms. The fraction of sp³-hybridized carbons (Fsp3) is 0.500. The summed E-state index contributed by atoms with van der Waals surface area (Å²) < 4.78 is 4.78. The van der Waals surface area contributed by atoms with Crippen molar-refractivity contribution in [1.29, 1.82) is 0 Å². The topological polar surface area (TPSA) is 69.1 Å². The maximum absolute atomic E-state index is 11.0. The van der Waals surface area contributed by atoms with Crippen molar-refractivity contribution in [2.24, 2.45) is 0 Å². The van der Waals surface area contributed by atoms with Gasteiger partial charge in [-0.3, -0.25) is 10.1 Å². The lowest BCUT2D eigenvalue weighted by molar-refractivity contribution is -0.384. The average Bonchev–Trinajstić information content (AvgIpc) is 3.25. The van der Waals surface area contributed by atoms with E-state index in [1.54, 1.807) is 12.1 Å². The van der Waals surface area contributed by atoms with Crippen LogP contribution >= 0.6 is 12.2 Å². The van der Waals surface area contributed by atoms with Crippen LogP contribution in [0.15, 0.2) is 18.2 Å². The summed E-state index contributed by atoms with van der Waals surface area (Å²) in [6.07, 6.45) is 3.15. The van der Waals surface area contributed by atoms with Crippen molar-refractivity contribution < 1.29 is 4.92 Å². The predicted molar refractivity (Wildman–Crippen MR) is 92.8 cm³/mol. The Hall–Kier alpha value is -2.22. The van der Waals surface area contributed by atoms with Gasteiger partial charge in [0.1, 0.15) is 12.5 Å². The van der Waals surface area contributed by atoms with Gasteiger partial charge in [0.15, 0.2) is 4.77 Å². The van der Waals surface area contributed by atoms with Crippen molar-refractivity contribution in [2.75, 3.05) is 4.90 Å². The third kappa shape index (κ3) is 2.41. The molecular formula is C16H19N5O2S. The van der Waals surface area contributed by atoms with E-state index in [2.05, 4.69) is 21.5 Å². The summed E-state index contributed by atoms with van der Waals surface area (Å²) >= 11 is 5.60. The molecule has 0 spiro atoms. The Bertz CT molecular complexity index is 883. The highest BCUT2D eigenvalue weighted by Gasteiger charge is 2.30. The van der Waals surface area contributed by atoms with Gasteiger partial charge in [0.25, 0.3) is 5.69 Å². The minimum Gasteiger partial charge on any atom is -0.349 e. The highest BCUT2D eigenvalue weighted by atomic mass is 32.1. The summed E-state index contributed by atoms with van der Waals surface area (Å²) in [4.78, 5) is 12.8. The van der Waals surface area contributed by atoms with E-state index in [1.165, 1.54) is 12.8 Å². The van der Waals surface area contributed by atoms with Gasteiger partial charge in [0.2, 0.25) is 0 Å². The molecule has 126 valence electrons. The minimum atomic E-state index is -0.343. The van der Waals surface area contributed by atoms with Gasteiger partial charge in [-0.25, -0.2) is 4.68 Å². The normalized spacial score (nSPS) is 19.6. The van der Waals surface area contributed by atoms with E-state index in [1.807, 2.05) is 17.7 Å². The summed E-state index contributed by atoms with van der Waals surface area (Å²) in [7, 11) is 0. The molecule has 24 heavy (non-hydrogen) atoms. The molecule has 1 aliphatic heterocycles. The lowest BCUT2D eigenvalue weighted by atomic mass is 10.1. The monoisotopic (exact) mass is 345 g/mol. The van der Waals surface area contributed by atoms with E-state index in [9.17, 15) is 10.1 Å². The Morgan fingerprint density at radius 1 is 1.42 bits per heavy atom. The molecular weight excluding hydrogens is 326 g/mol. The van der Waals surface area contributed by atoms with Crippen LogP contribution in [0.25, 0.3) is 0 Å². The number of aryl methyl sites for hydroxylation is 1. The quantitative estimate of drug-likeness (QED) is 0.483. The molecule has 0 unspecified atom stereocenters. The van der Waals surface area contributed by atoms with Crippen LogP contribution in [0.2, 0.25) is 0 Å². The second-order valence-electron chi connectivity index (χ2n) is 6.66. The maximum Gasteiger partial charge on any atom is 0.269 e. The number of hydrogen-bond acceptors (Lipinski definition) is 5. The van der Waals surface area contributed by atoms with Gasteiger partial charge in [-0.1, -0.05) is 0 Å². The van der Waals surface area contributed by atoms with Crippen LogP contribution in [0, 0.1) is 21.8 Å². The molecule has 1 aromatic carbocycles. The highest BCUT2D eigenvalue weighted by molar-refractivity contribution is 7.71. The predicted octanol–water partition coefficient (Wildman–Crippen LogP) is 3.37. The lowest BCUT2D eigenvalue weighted by Crippen LogP contribution is -2.32. The molecule has 1 atom stereocenters. The van der Waals surface area contributed by atoms with Crippen LogP contribution < -0.4 is 4.90 Å². The second kappa shape index (κ2) is 5.41. The number of benzene rings is 1. The van der Waals surface area contributed by atoms with Crippen LogP contribution in [0.5, 0.6) is 0 Å². The standard InChI is InChI=1S/C16H19N5O2S/c1-10-7-12-8-14(21(22)23)5-6-15(12)18(10)9-19-16(24)20(11(2)17-19)13-3-4-13/h5-6,8,10,13H,3-4,7,9H2,1-2H3/t10-/m0/s1. The second-order valence-corrected chi connectivity index (χ2v) is 7.03. The molecule has 0 N–H and O–H groups in total. The number of rotatable bonds is 4. The van der Waals surface area contributed by atoms with Crippen LogP contribution in [0.4, 0.5) is 11.4 Å². The van der Waals surface area contributed by atoms with Crippen molar-refractivity contribution in [1.82, 2.24) is 14.3 Å². The largest absolute Gasteiger partial charge is 0.349 e. The lowest BCUT2D eigenvalue weighted by Gasteiger charge is -2.24. The van der Waals surface area contributed by atoms with Gasteiger partial charge >= 0.3 is 0 Å². The first-order chi connectivity index (χ1) is 11.5. The number of aromatic nitrogens is 3. The van der Waals surface area contributed by atoms with E-state index in [-0.39, 0.29) is 16.7 Å². The first-order valence-corrected chi connectivity index (χ1v) is 8.56. The zero-order valence-corrected chi connectivity index (χ0v) is 14.5. The Morgan fingerprint density at radius 2 is 2.17 bits per heavy atom. The molecule has 1 aliphatic carbocycles. The number of fused-ring (bicyclic) bond motifs is 1. The maximum atomic E-state index is 11.0.